The first-order valence-corrected chi connectivity index (χ1v) is 12.2. The summed E-state index contributed by atoms with van der Waals surface area (Å²) in [4.78, 5) is 22.2. The molecular formula is C27H28BrN5O2. The smallest absolute Gasteiger partial charge is 0.257 e. The molecule has 2 aromatic heterocycles. The number of carbonyl (C=O) groups excluding carboxylic acids is 1. The fourth-order valence-corrected chi connectivity index (χ4v) is 4.32. The first-order chi connectivity index (χ1) is 16.9. The SMILES string of the molecule is CCc1cccc(CC)c1NC(=O)c1cc(-c2ccnc(Nc3ccc(Br)cc3OC)n2)n(C)c1. The first-order valence-electron chi connectivity index (χ1n) is 11.5. The Morgan fingerprint density at radius 1 is 1.09 bits per heavy atom. The van der Waals surface area contributed by atoms with Crippen LogP contribution in [0.2, 0.25) is 0 Å². The van der Waals surface area contributed by atoms with Crippen LogP contribution in [0, 0.1) is 0 Å². The molecule has 0 aliphatic heterocycles. The highest BCUT2D eigenvalue weighted by Gasteiger charge is 2.16. The minimum Gasteiger partial charge on any atom is -0.495 e. The van der Waals surface area contributed by atoms with E-state index in [0.29, 0.717) is 23.0 Å². The molecule has 2 aromatic carbocycles. The molecule has 0 saturated heterocycles. The van der Waals surface area contributed by atoms with Crippen LogP contribution in [0.15, 0.2) is 65.4 Å². The number of ether oxygens (including phenoxy) is 1. The van der Waals surface area contributed by atoms with E-state index in [9.17, 15) is 4.79 Å². The predicted octanol–water partition coefficient (Wildman–Crippen LogP) is 6.37. The Morgan fingerprint density at radius 3 is 2.51 bits per heavy atom. The molecule has 4 aromatic rings. The van der Waals surface area contributed by atoms with E-state index in [1.807, 2.05) is 54.2 Å². The van der Waals surface area contributed by atoms with Crippen LogP contribution in [-0.4, -0.2) is 27.6 Å². The number of hydrogen-bond donors (Lipinski definition) is 2. The highest BCUT2D eigenvalue weighted by Crippen LogP contribution is 2.30. The third-order valence-electron chi connectivity index (χ3n) is 5.83. The minimum absolute atomic E-state index is 0.144. The van der Waals surface area contributed by atoms with Crippen molar-refractivity contribution in [3.63, 3.8) is 0 Å². The van der Waals surface area contributed by atoms with Crippen LogP contribution in [0.25, 0.3) is 11.4 Å². The molecule has 0 aliphatic rings. The quantitative estimate of drug-likeness (QED) is 0.275. The number of para-hydroxylation sites is 1. The monoisotopic (exact) mass is 533 g/mol. The normalized spacial score (nSPS) is 10.8. The zero-order valence-electron chi connectivity index (χ0n) is 20.2. The van der Waals surface area contributed by atoms with Crippen molar-refractivity contribution in [3.8, 4) is 17.1 Å². The standard InChI is InChI=1S/C27H28BrN5O2/c1-5-17-8-7-9-18(6-2)25(17)32-26(34)19-14-23(33(3)16-19)21-12-13-29-27(30-21)31-22-11-10-20(28)15-24(22)35-4/h7-16H,5-6H2,1-4H3,(H,32,34)(H,29,30,31). The van der Waals surface area contributed by atoms with Crippen LogP contribution in [-0.2, 0) is 19.9 Å². The van der Waals surface area contributed by atoms with E-state index < -0.39 is 0 Å². The molecule has 2 heterocycles. The minimum atomic E-state index is -0.144. The summed E-state index contributed by atoms with van der Waals surface area (Å²) in [7, 11) is 3.51. The van der Waals surface area contributed by atoms with Crippen LogP contribution < -0.4 is 15.4 Å². The fourth-order valence-electron chi connectivity index (χ4n) is 3.98. The number of rotatable bonds is 8. The summed E-state index contributed by atoms with van der Waals surface area (Å²) >= 11 is 3.45. The Hall–Kier alpha value is -3.65. The zero-order chi connectivity index (χ0) is 24.9. The second-order valence-electron chi connectivity index (χ2n) is 8.07. The van der Waals surface area contributed by atoms with Crippen LogP contribution in [0.1, 0.15) is 35.3 Å². The summed E-state index contributed by atoms with van der Waals surface area (Å²) in [6.07, 6.45) is 5.21. The zero-order valence-corrected chi connectivity index (χ0v) is 21.8. The second kappa shape index (κ2) is 10.7. The van der Waals surface area contributed by atoms with Gasteiger partial charge in [0.05, 0.1) is 29.7 Å². The lowest BCUT2D eigenvalue weighted by Gasteiger charge is -2.13. The van der Waals surface area contributed by atoms with Crippen molar-refractivity contribution in [3.05, 3.63) is 82.1 Å². The van der Waals surface area contributed by atoms with E-state index in [4.69, 9.17) is 4.74 Å². The number of nitrogens with one attached hydrogen (secondary N) is 2. The molecule has 0 bridgehead atoms. The van der Waals surface area contributed by atoms with Crippen LogP contribution in [0.5, 0.6) is 5.75 Å². The Labute approximate surface area is 213 Å². The molecule has 180 valence electrons. The fraction of sp³-hybridized carbons (Fsp3) is 0.222. The van der Waals surface area contributed by atoms with Crippen LogP contribution in [0.3, 0.4) is 0 Å². The van der Waals surface area contributed by atoms with Gasteiger partial charge >= 0.3 is 0 Å². The lowest BCUT2D eigenvalue weighted by Crippen LogP contribution is -2.14. The lowest BCUT2D eigenvalue weighted by atomic mass is 10.0. The maximum Gasteiger partial charge on any atom is 0.257 e. The predicted molar refractivity (Wildman–Crippen MR) is 144 cm³/mol. The number of carbonyl (C=O) groups is 1. The third-order valence-corrected chi connectivity index (χ3v) is 6.33. The number of aryl methyl sites for hydroxylation is 3. The molecule has 0 unspecified atom stereocenters. The van der Waals surface area contributed by atoms with E-state index in [1.165, 1.54) is 0 Å². The molecule has 0 atom stereocenters. The lowest BCUT2D eigenvalue weighted by molar-refractivity contribution is 0.102. The maximum atomic E-state index is 13.2. The molecular weight excluding hydrogens is 506 g/mol. The van der Waals surface area contributed by atoms with Gasteiger partial charge in [-0.2, -0.15) is 0 Å². The average Bonchev–Trinajstić information content (AvgIpc) is 3.27. The van der Waals surface area contributed by atoms with Gasteiger partial charge < -0.3 is 19.9 Å². The Balaban J connectivity index is 1.59. The van der Waals surface area contributed by atoms with Gasteiger partial charge in [0.15, 0.2) is 0 Å². The van der Waals surface area contributed by atoms with E-state index in [0.717, 1.165) is 45.5 Å². The van der Waals surface area contributed by atoms with Crippen molar-refractivity contribution in [1.82, 2.24) is 14.5 Å². The van der Waals surface area contributed by atoms with E-state index >= 15 is 0 Å². The molecule has 2 N–H and O–H groups in total. The molecule has 0 radical (unpaired) electrons. The molecule has 0 saturated carbocycles. The Bertz CT molecular complexity index is 1340. The number of aromatic nitrogens is 3. The molecule has 4 rings (SSSR count). The summed E-state index contributed by atoms with van der Waals surface area (Å²) in [5.41, 5.74) is 5.99. The van der Waals surface area contributed by atoms with Gasteiger partial charge in [-0.15, -0.1) is 0 Å². The van der Waals surface area contributed by atoms with Crippen molar-refractivity contribution in [1.29, 1.82) is 0 Å². The van der Waals surface area contributed by atoms with E-state index in [2.05, 4.69) is 62.5 Å². The van der Waals surface area contributed by atoms with E-state index in [-0.39, 0.29) is 5.91 Å². The molecule has 0 spiro atoms. The number of benzene rings is 2. The van der Waals surface area contributed by atoms with Crippen LogP contribution >= 0.6 is 15.9 Å². The molecule has 35 heavy (non-hydrogen) atoms. The van der Waals surface area contributed by atoms with Gasteiger partial charge in [-0.1, -0.05) is 48.0 Å². The largest absolute Gasteiger partial charge is 0.495 e. The summed E-state index contributed by atoms with van der Waals surface area (Å²) in [5, 5.41) is 6.35. The van der Waals surface area contributed by atoms with Crippen molar-refractivity contribution in [2.45, 2.75) is 26.7 Å². The number of halogens is 1. The van der Waals surface area contributed by atoms with Crippen molar-refractivity contribution in [2.24, 2.45) is 7.05 Å². The number of amides is 1. The summed E-state index contributed by atoms with van der Waals surface area (Å²) in [5.74, 6) is 0.958. The van der Waals surface area contributed by atoms with Crippen LogP contribution in [0.4, 0.5) is 17.3 Å². The van der Waals surface area contributed by atoms with Crippen molar-refractivity contribution >= 4 is 39.2 Å². The molecule has 8 heteroatoms. The van der Waals surface area contributed by atoms with Gasteiger partial charge in [0, 0.05) is 29.6 Å². The highest BCUT2D eigenvalue weighted by atomic mass is 79.9. The number of anilines is 3. The molecule has 0 aliphatic carbocycles. The summed E-state index contributed by atoms with van der Waals surface area (Å²) < 4.78 is 8.26. The molecule has 0 fully saturated rings. The highest BCUT2D eigenvalue weighted by molar-refractivity contribution is 9.10. The van der Waals surface area contributed by atoms with Gasteiger partial charge in [0.2, 0.25) is 5.95 Å². The van der Waals surface area contributed by atoms with Gasteiger partial charge in [0.1, 0.15) is 5.75 Å². The van der Waals surface area contributed by atoms with Gasteiger partial charge in [-0.05, 0) is 54.3 Å². The molecule has 7 nitrogen and oxygen atoms in total. The maximum absolute atomic E-state index is 13.2. The molecule has 1 amide bonds. The topological polar surface area (TPSA) is 81.1 Å². The second-order valence-corrected chi connectivity index (χ2v) is 8.99. The average molecular weight is 534 g/mol. The summed E-state index contributed by atoms with van der Waals surface area (Å²) in [6, 6.07) is 15.5. The van der Waals surface area contributed by atoms with Crippen molar-refractivity contribution in [2.75, 3.05) is 17.7 Å². The number of nitrogens with zero attached hydrogens (tertiary/aromatic N) is 3. The Morgan fingerprint density at radius 2 is 1.83 bits per heavy atom. The van der Waals surface area contributed by atoms with Crippen molar-refractivity contribution < 1.29 is 9.53 Å². The van der Waals surface area contributed by atoms with Gasteiger partial charge in [-0.25, -0.2) is 9.97 Å². The van der Waals surface area contributed by atoms with Gasteiger partial charge in [-0.3, -0.25) is 4.79 Å². The number of methoxy groups -OCH3 is 1. The number of hydrogen-bond acceptors (Lipinski definition) is 5. The summed E-state index contributed by atoms with van der Waals surface area (Å²) in [6.45, 7) is 4.19. The first kappa shape index (κ1) is 24.5. The third kappa shape index (κ3) is 5.38. The Kier molecular flexibility index (Phi) is 7.51. The van der Waals surface area contributed by atoms with E-state index in [1.54, 1.807) is 13.3 Å². The van der Waals surface area contributed by atoms with Gasteiger partial charge in [0.25, 0.3) is 5.91 Å².